The molecule has 1 unspecified atom stereocenters. The summed E-state index contributed by atoms with van der Waals surface area (Å²) in [6.45, 7) is 2.77. The van der Waals surface area contributed by atoms with Crippen molar-refractivity contribution in [2.24, 2.45) is 0 Å². The average molecular weight is 462 g/mol. The average Bonchev–Trinajstić information content (AvgIpc) is 2.82. The van der Waals surface area contributed by atoms with Gasteiger partial charge in [-0.1, -0.05) is 6.07 Å². The van der Waals surface area contributed by atoms with E-state index in [0.29, 0.717) is 41.7 Å². The third-order valence-electron chi connectivity index (χ3n) is 4.34. The zero-order chi connectivity index (χ0) is 24.1. The number of carbonyl (C=O) groups is 2. The fourth-order valence-corrected chi connectivity index (χ4v) is 2.74. The number of rotatable bonds is 13. The number of nitrogens with one attached hydrogen (secondary N) is 2. The van der Waals surface area contributed by atoms with Crippen LogP contribution in [0, 0.1) is 0 Å². The highest BCUT2D eigenvalue weighted by atomic mass is 16.6. The Morgan fingerprint density at radius 2 is 1.67 bits per heavy atom. The molecule has 180 valence electrons. The normalized spacial score (nSPS) is 11.3. The minimum absolute atomic E-state index is 0.171. The van der Waals surface area contributed by atoms with Crippen LogP contribution in [-0.2, 0) is 9.47 Å². The van der Waals surface area contributed by atoms with Crippen molar-refractivity contribution in [2.75, 3.05) is 52.4 Å². The van der Waals surface area contributed by atoms with Crippen LogP contribution in [-0.4, -0.2) is 70.4 Å². The number of hydrogen-bond donors (Lipinski definition) is 3. The second-order valence-corrected chi connectivity index (χ2v) is 6.72. The van der Waals surface area contributed by atoms with Gasteiger partial charge in [-0.15, -0.1) is 0 Å². The molecule has 2 rings (SSSR count). The Hall–Kier alpha value is -3.50. The second kappa shape index (κ2) is 13.8. The number of amides is 1. The molecule has 1 amide bonds. The van der Waals surface area contributed by atoms with Crippen LogP contribution in [0.2, 0.25) is 0 Å². The highest BCUT2D eigenvalue weighted by molar-refractivity contribution is 5.91. The van der Waals surface area contributed by atoms with Gasteiger partial charge in [0.05, 0.1) is 26.4 Å². The maximum Gasteiger partial charge on any atom is 0.411 e. The predicted octanol–water partition coefficient (Wildman–Crippen LogP) is 2.46. The van der Waals surface area contributed by atoms with Crippen LogP contribution in [0.5, 0.6) is 17.2 Å². The standard InChI is InChI=1S/C23H30N2O8/c1-4-31-23(28)25-17-10-8-16(9-11-17)22(27)33-15-18(26)14-24-12-13-32-21-19(29-2)6-5-7-20(21)30-3/h5-11,18,24,26H,4,12-15H2,1-3H3,(H,25,28). The number of methoxy groups -OCH3 is 2. The van der Waals surface area contributed by atoms with Gasteiger partial charge in [-0.3, -0.25) is 5.32 Å². The summed E-state index contributed by atoms with van der Waals surface area (Å²) in [5.41, 5.74) is 0.783. The lowest BCUT2D eigenvalue weighted by atomic mass is 10.2. The van der Waals surface area contributed by atoms with Gasteiger partial charge in [-0.05, 0) is 43.3 Å². The van der Waals surface area contributed by atoms with Crippen molar-refractivity contribution < 1.29 is 38.4 Å². The molecule has 0 aromatic heterocycles. The van der Waals surface area contributed by atoms with Gasteiger partial charge in [0.25, 0.3) is 0 Å². The number of benzene rings is 2. The molecule has 0 fully saturated rings. The predicted molar refractivity (Wildman–Crippen MR) is 121 cm³/mol. The Kier molecular flexibility index (Phi) is 10.8. The lowest BCUT2D eigenvalue weighted by molar-refractivity contribution is 0.0258. The summed E-state index contributed by atoms with van der Waals surface area (Å²) in [6, 6.07) is 11.5. The van der Waals surface area contributed by atoms with Gasteiger partial charge in [-0.25, -0.2) is 9.59 Å². The quantitative estimate of drug-likeness (QED) is 0.304. The van der Waals surface area contributed by atoms with Crippen molar-refractivity contribution in [1.82, 2.24) is 5.32 Å². The molecule has 2 aromatic carbocycles. The number of hydrogen-bond acceptors (Lipinski definition) is 9. The molecule has 10 nitrogen and oxygen atoms in total. The van der Waals surface area contributed by atoms with Gasteiger partial charge < -0.3 is 34.1 Å². The molecule has 2 aromatic rings. The van der Waals surface area contributed by atoms with Crippen LogP contribution < -0.4 is 24.8 Å². The summed E-state index contributed by atoms with van der Waals surface area (Å²) >= 11 is 0. The third-order valence-corrected chi connectivity index (χ3v) is 4.34. The van der Waals surface area contributed by atoms with E-state index in [2.05, 4.69) is 10.6 Å². The van der Waals surface area contributed by atoms with Gasteiger partial charge in [-0.2, -0.15) is 0 Å². The van der Waals surface area contributed by atoms with Crippen LogP contribution in [0.25, 0.3) is 0 Å². The zero-order valence-corrected chi connectivity index (χ0v) is 19.0. The van der Waals surface area contributed by atoms with Crippen molar-refractivity contribution in [3.8, 4) is 17.2 Å². The fraction of sp³-hybridized carbons (Fsp3) is 0.391. The highest BCUT2D eigenvalue weighted by Crippen LogP contribution is 2.36. The highest BCUT2D eigenvalue weighted by Gasteiger charge is 2.13. The molecule has 10 heteroatoms. The molecule has 3 N–H and O–H groups in total. The van der Waals surface area contributed by atoms with Crippen molar-refractivity contribution in [3.05, 3.63) is 48.0 Å². The van der Waals surface area contributed by atoms with E-state index >= 15 is 0 Å². The van der Waals surface area contributed by atoms with E-state index in [1.165, 1.54) is 12.1 Å². The fourth-order valence-electron chi connectivity index (χ4n) is 2.74. The topological polar surface area (TPSA) is 125 Å². The Balaban J connectivity index is 1.67. The molecule has 0 bridgehead atoms. The minimum atomic E-state index is -0.889. The molecule has 0 radical (unpaired) electrons. The summed E-state index contributed by atoms with van der Waals surface area (Å²) in [6.07, 6.45) is -1.46. The van der Waals surface area contributed by atoms with Gasteiger partial charge in [0, 0.05) is 18.8 Å². The Morgan fingerprint density at radius 1 is 1.00 bits per heavy atom. The second-order valence-electron chi connectivity index (χ2n) is 6.72. The molecular formula is C23H30N2O8. The van der Waals surface area contributed by atoms with E-state index in [4.69, 9.17) is 23.7 Å². The number of aliphatic hydroxyl groups excluding tert-OH is 1. The molecule has 0 spiro atoms. The summed E-state index contributed by atoms with van der Waals surface area (Å²) in [4.78, 5) is 23.5. The van der Waals surface area contributed by atoms with Crippen molar-refractivity contribution in [1.29, 1.82) is 0 Å². The Bertz CT molecular complexity index is 866. The number of aliphatic hydroxyl groups is 1. The van der Waals surface area contributed by atoms with Gasteiger partial charge in [0.2, 0.25) is 5.75 Å². The van der Waals surface area contributed by atoms with Crippen LogP contribution >= 0.6 is 0 Å². The monoisotopic (exact) mass is 462 g/mol. The lowest BCUT2D eigenvalue weighted by Gasteiger charge is -2.15. The molecule has 1 atom stereocenters. The maximum atomic E-state index is 12.1. The van der Waals surface area contributed by atoms with Crippen molar-refractivity contribution >= 4 is 17.7 Å². The van der Waals surface area contributed by atoms with E-state index in [0.717, 1.165) is 0 Å². The first-order chi connectivity index (χ1) is 16.0. The summed E-state index contributed by atoms with van der Waals surface area (Å²) in [5, 5.41) is 15.6. The minimum Gasteiger partial charge on any atom is -0.493 e. The van der Waals surface area contributed by atoms with Crippen LogP contribution in [0.3, 0.4) is 0 Å². The number of esters is 1. The summed E-state index contributed by atoms with van der Waals surface area (Å²) in [5.74, 6) is 1.04. The number of ether oxygens (including phenoxy) is 5. The molecule has 0 heterocycles. The largest absolute Gasteiger partial charge is 0.493 e. The number of anilines is 1. The van der Waals surface area contributed by atoms with Crippen LogP contribution in [0.15, 0.2) is 42.5 Å². The number of para-hydroxylation sites is 1. The smallest absolute Gasteiger partial charge is 0.411 e. The van der Waals surface area contributed by atoms with Gasteiger partial charge >= 0.3 is 12.1 Å². The maximum absolute atomic E-state index is 12.1. The molecule has 33 heavy (non-hydrogen) atoms. The molecule has 0 aliphatic rings. The SMILES string of the molecule is CCOC(=O)Nc1ccc(C(=O)OCC(O)CNCCOc2c(OC)cccc2OC)cc1. The van der Waals surface area contributed by atoms with Crippen LogP contribution in [0.1, 0.15) is 17.3 Å². The van der Waals surface area contributed by atoms with Crippen molar-refractivity contribution in [2.45, 2.75) is 13.0 Å². The van der Waals surface area contributed by atoms with E-state index in [9.17, 15) is 14.7 Å². The molecular weight excluding hydrogens is 432 g/mol. The van der Waals surface area contributed by atoms with Crippen LogP contribution in [0.4, 0.5) is 10.5 Å². The van der Waals surface area contributed by atoms with E-state index in [1.54, 1.807) is 51.5 Å². The Labute approximate surface area is 192 Å². The van der Waals surface area contributed by atoms with Gasteiger partial charge in [0.15, 0.2) is 11.5 Å². The van der Waals surface area contributed by atoms with E-state index in [-0.39, 0.29) is 19.8 Å². The molecule has 0 saturated carbocycles. The molecule has 0 saturated heterocycles. The first kappa shape index (κ1) is 25.8. The Morgan fingerprint density at radius 3 is 2.27 bits per heavy atom. The first-order valence-corrected chi connectivity index (χ1v) is 10.4. The summed E-state index contributed by atoms with van der Waals surface area (Å²) < 4.78 is 26.2. The van der Waals surface area contributed by atoms with Gasteiger partial charge in [0.1, 0.15) is 19.3 Å². The first-order valence-electron chi connectivity index (χ1n) is 10.4. The van der Waals surface area contributed by atoms with E-state index in [1.807, 2.05) is 0 Å². The molecule has 0 aliphatic heterocycles. The summed E-state index contributed by atoms with van der Waals surface area (Å²) in [7, 11) is 3.10. The molecule has 0 aliphatic carbocycles. The third kappa shape index (κ3) is 8.51. The van der Waals surface area contributed by atoms with E-state index < -0.39 is 18.2 Å². The lowest BCUT2D eigenvalue weighted by Crippen LogP contribution is -2.33. The zero-order valence-electron chi connectivity index (χ0n) is 19.0. The number of carbonyl (C=O) groups excluding carboxylic acids is 2. The van der Waals surface area contributed by atoms with Crippen molar-refractivity contribution in [3.63, 3.8) is 0 Å².